The van der Waals surface area contributed by atoms with Gasteiger partial charge < -0.3 is 15.1 Å². The van der Waals surface area contributed by atoms with E-state index in [-0.39, 0.29) is 16.6 Å². The summed E-state index contributed by atoms with van der Waals surface area (Å²) in [6, 6.07) is 0. The van der Waals surface area contributed by atoms with Crippen LogP contribution in [0.15, 0.2) is 0 Å². The van der Waals surface area contributed by atoms with Crippen molar-refractivity contribution in [1.29, 1.82) is 0 Å². The molecule has 0 saturated carbocycles. The summed E-state index contributed by atoms with van der Waals surface area (Å²) in [5, 5.41) is 5.99. The largest absolute Gasteiger partial charge is 0.355 e. The molecule has 0 heterocycles. The summed E-state index contributed by atoms with van der Waals surface area (Å²) in [7, 11) is 2.21. The fourth-order valence-corrected chi connectivity index (χ4v) is 4.91. The lowest BCUT2D eigenvalue weighted by Gasteiger charge is -2.34. The van der Waals surface area contributed by atoms with Gasteiger partial charge in [-0.1, -0.05) is 79.1 Å². The molecule has 202 valence electrons. The predicted octanol–water partition coefficient (Wildman–Crippen LogP) is 5.83. The standard InChI is InChI=1S/C27H55N3O2S2/c1-6-7-8-9-10-11-12-13-14-15-20-30(5,21-16-25(31)28-18-23-33)22-17-26(32)29-19-24-34-27(2,3)4/h6-24H2,1-5H3,(H2-,28,29,31,32,33)/p+1. The Labute approximate surface area is 221 Å². The number of quaternary nitrogens is 1. The number of carbonyl (C=O) groups is 2. The van der Waals surface area contributed by atoms with E-state index in [2.05, 4.69) is 58.0 Å². The van der Waals surface area contributed by atoms with E-state index in [1.54, 1.807) is 0 Å². The van der Waals surface area contributed by atoms with Crippen LogP contribution in [0.2, 0.25) is 0 Å². The maximum Gasteiger partial charge on any atom is 0.225 e. The van der Waals surface area contributed by atoms with Crippen LogP contribution in [0.4, 0.5) is 0 Å². The van der Waals surface area contributed by atoms with Crippen LogP contribution >= 0.6 is 24.4 Å². The van der Waals surface area contributed by atoms with Crippen molar-refractivity contribution in [2.75, 3.05) is 51.3 Å². The second-order valence-corrected chi connectivity index (χ2v) is 13.2. The van der Waals surface area contributed by atoms with Gasteiger partial charge in [-0.15, -0.1) is 0 Å². The van der Waals surface area contributed by atoms with Crippen molar-refractivity contribution in [3.05, 3.63) is 0 Å². The summed E-state index contributed by atoms with van der Waals surface area (Å²) in [6.07, 6.45) is 14.2. The Bertz CT molecular complexity index is 526. The Kier molecular flexibility index (Phi) is 20.5. The van der Waals surface area contributed by atoms with Crippen molar-refractivity contribution in [3.8, 4) is 0 Å². The van der Waals surface area contributed by atoms with Crippen LogP contribution in [0.3, 0.4) is 0 Å². The minimum atomic E-state index is 0.0881. The van der Waals surface area contributed by atoms with Gasteiger partial charge in [-0.05, 0) is 12.8 Å². The summed E-state index contributed by atoms with van der Waals surface area (Å²) >= 11 is 6.04. The van der Waals surface area contributed by atoms with Crippen LogP contribution < -0.4 is 10.6 Å². The molecule has 0 saturated heterocycles. The molecule has 0 aliphatic rings. The monoisotopic (exact) mass is 518 g/mol. The van der Waals surface area contributed by atoms with Gasteiger partial charge in [0.05, 0.1) is 39.5 Å². The third-order valence-electron chi connectivity index (χ3n) is 6.20. The Hall–Kier alpha value is -0.400. The van der Waals surface area contributed by atoms with Gasteiger partial charge in [-0.3, -0.25) is 9.59 Å². The molecular formula is C27H56N3O2S2+. The first-order chi connectivity index (χ1) is 16.1. The van der Waals surface area contributed by atoms with E-state index in [1.807, 2.05) is 11.8 Å². The number of unbranched alkanes of at least 4 members (excludes halogenated alkanes) is 9. The van der Waals surface area contributed by atoms with Crippen molar-refractivity contribution in [2.45, 2.75) is 109 Å². The number of thiol groups is 1. The zero-order valence-corrected chi connectivity index (χ0v) is 24.8. The highest BCUT2D eigenvalue weighted by Crippen LogP contribution is 2.22. The molecule has 0 aromatic carbocycles. The van der Waals surface area contributed by atoms with Crippen LogP contribution in [0, 0.1) is 0 Å². The molecule has 2 amide bonds. The number of carbonyl (C=O) groups excluding carboxylic acids is 2. The van der Waals surface area contributed by atoms with Crippen LogP contribution in [0.5, 0.6) is 0 Å². The lowest BCUT2D eigenvalue weighted by molar-refractivity contribution is -0.908. The van der Waals surface area contributed by atoms with Gasteiger partial charge in [0.2, 0.25) is 11.8 Å². The van der Waals surface area contributed by atoms with Gasteiger partial charge in [-0.25, -0.2) is 0 Å². The molecule has 34 heavy (non-hydrogen) atoms. The molecule has 0 aliphatic heterocycles. The molecule has 5 nitrogen and oxygen atoms in total. The minimum Gasteiger partial charge on any atom is -0.355 e. The molecule has 0 spiro atoms. The third-order valence-corrected chi connectivity index (χ3v) is 7.70. The van der Waals surface area contributed by atoms with E-state index in [0.717, 1.165) is 42.8 Å². The molecule has 7 heteroatoms. The molecule has 0 radical (unpaired) electrons. The van der Waals surface area contributed by atoms with Gasteiger partial charge in [0.15, 0.2) is 0 Å². The second kappa shape index (κ2) is 20.8. The zero-order chi connectivity index (χ0) is 25.7. The number of nitrogens with one attached hydrogen (secondary N) is 2. The smallest absolute Gasteiger partial charge is 0.225 e. The number of hydrogen-bond acceptors (Lipinski definition) is 4. The van der Waals surface area contributed by atoms with Gasteiger partial charge in [-0.2, -0.15) is 24.4 Å². The molecule has 1 unspecified atom stereocenters. The first-order valence-electron chi connectivity index (χ1n) is 13.7. The van der Waals surface area contributed by atoms with E-state index in [0.29, 0.717) is 25.1 Å². The lowest BCUT2D eigenvalue weighted by Crippen LogP contribution is -2.49. The van der Waals surface area contributed by atoms with Crippen molar-refractivity contribution in [3.63, 3.8) is 0 Å². The molecule has 2 N–H and O–H groups in total. The first kappa shape index (κ1) is 33.6. The van der Waals surface area contributed by atoms with Gasteiger partial charge in [0.1, 0.15) is 0 Å². The summed E-state index contributed by atoms with van der Waals surface area (Å²) in [4.78, 5) is 24.6. The average molecular weight is 519 g/mol. The van der Waals surface area contributed by atoms with Crippen molar-refractivity contribution < 1.29 is 14.1 Å². The normalized spacial score (nSPS) is 13.5. The average Bonchev–Trinajstić information content (AvgIpc) is 2.78. The maximum atomic E-state index is 12.4. The number of nitrogens with zero attached hydrogens (tertiary/aromatic N) is 1. The zero-order valence-electron chi connectivity index (χ0n) is 23.1. The minimum absolute atomic E-state index is 0.0881. The Morgan fingerprint density at radius 1 is 0.765 bits per heavy atom. The van der Waals surface area contributed by atoms with E-state index in [4.69, 9.17) is 0 Å². The Balaban J connectivity index is 4.36. The summed E-state index contributed by atoms with van der Waals surface area (Å²) < 4.78 is 1.01. The summed E-state index contributed by atoms with van der Waals surface area (Å²) in [5.74, 6) is 1.81. The maximum absolute atomic E-state index is 12.4. The summed E-state index contributed by atoms with van der Waals surface area (Å²) in [6.45, 7) is 12.8. The molecule has 1 atom stereocenters. The molecular weight excluding hydrogens is 462 g/mol. The van der Waals surface area contributed by atoms with Gasteiger partial charge in [0, 0.05) is 29.3 Å². The number of rotatable bonds is 22. The second-order valence-electron chi connectivity index (χ2n) is 10.9. The van der Waals surface area contributed by atoms with E-state index < -0.39 is 0 Å². The van der Waals surface area contributed by atoms with Crippen molar-refractivity contribution in [1.82, 2.24) is 10.6 Å². The van der Waals surface area contributed by atoms with Gasteiger partial charge >= 0.3 is 0 Å². The first-order valence-corrected chi connectivity index (χ1v) is 15.4. The highest BCUT2D eigenvalue weighted by Gasteiger charge is 2.23. The molecule has 0 aliphatic carbocycles. The Morgan fingerprint density at radius 3 is 1.71 bits per heavy atom. The van der Waals surface area contributed by atoms with Crippen LogP contribution in [-0.2, 0) is 9.59 Å². The summed E-state index contributed by atoms with van der Waals surface area (Å²) in [5.41, 5.74) is 0. The quantitative estimate of drug-likeness (QED) is 0.0960. The van der Waals surface area contributed by atoms with Gasteiger partial charge in [0.25, 0.3) is 0 Å². The molecule has 0 rings (SSSR count). The highest BCUT2D eigenvalue weighted by atomic mass is 32.2. The third kappa shape index (κ3) is 22.1. The SMILES string of the molecule is CCCCCCCCCCCC[N+](C)(CCC(=O)NCCS)CCC(=O)NCCSC(C)(C)C. The van der Waals surface area contributed by atoms with Crippen molar-refractivity contribution in [2.24, 2.45) is 0 Å². The van der Waals surface area contributed by atoms with E-state index >= 15 is 0 Å². The molecule has 0 aromatic rings. The van der Waals surface area contributed by atoms with Crippen LogP contribution in [0.1, 0.15) is 105 Å². The topological polar surface area (TPSA) is 58.2 Å². The van der Waals surface area contributed by atoms with Crippen molar-refractivity contribution >= 4 is 36.2 Å². The molecule has 0 aromatic heterocycles. The fraction of sp³-hybridized carbons (Fsp3) is 0.926. The lowest BCUT2D eigenvalue weighted by atomic mass is 10.1. The predicted molar refractivity (Wildman–Crippen MR) is 154 cm³/mol. The molecule has 0 fully saturated rings. The number of hydrogen-bond donors (Lipinski definition) is 3. The number of thioether (sulfide) groups is 1. The van der Waals surface area contributed by atoms with Crippen LogP contribution in [0.25, 0.3) is 0 Å². The highest BCUT2D eigenvalue weighted by molar-refractivity contribution is 8.00. The van der Waals surface area contributed by atoms with E-state index in [1.165, 1.54) is 57.8 Å². The van der Waals surface area contributed by atoms with E-state index in [9.17, 15) is 9.59 Å². The molecule has 0 bridgehead atoms. The fourth-order valence-electron chi connectivity index (χ4n) is 3.98. The number of amides is 2. The van der Waals surface area contributed by atoms with Crippen LogP contribution in [-0.4, -0.2) is 72.3 Å². The Morgan fingerprint density at radius 2 is 1.24 bits per heavy atom.